The Balaban J connectivity index is 1.89. The van der Waals surface area contributed by atoms with E-state index in [0.717, 1.165) is 23.1 Å². The molecule has 1 heterocycles. The fourth-order valence-electron chi connectivity index (χ4n) is 1.81. The van der Waals surface area contributed by atoms with Crippen molar-refractivity contribution >= 4 is 15.9 Å². The second-order valence-electron chi connectivity index (χ2n) is 4.17. The number of aromatic amines is 1. The molecule has 0 amide bonds. The smallest absolute Gasteiger partial charge is 0.129 e. The third-order valence-corrected chi connectivity index (χ3v) is 3.32. The molecule has 0 saturated heterocycles. The Bertz CT molecular complexity index is 499. The Morgan fingerprint density at radius 3 is 3.00 bits per heavy atom. The maximum absolute atomic E-state index is 13.7. The molecule has 3 nitrogen and oxygen atoms in total. The highest BCUT2D eigenvalue weighted by Crippen LogP contribution is 2.20. The topological polar surface area (TPSA) is 40.7 Å². The maximum atomic E-state index is 13.7. The summed E-state index contributed by atoms with van der Waals surface area (Å²) in [6.07, 6.45) is 4.31. The van der Waals surface area contributed by atoms with Gasteiger partial charge in [-0.3, -0.25) is 0 Å². The zero-order valence-electron chi connectivity index (χ0n) is 10.1. The normalized spacial score (nSPS) is 12.6. The highest BCUT2D eigenvalue weighted by atomic mass is 79.9. The van der Waals surface area contributed by atoms with Crippen molar-refractivity contribution in [2.75, 3.05) is 6.54 Å². The van der Waals surface area contributed by atoms with Crippen LogP contribution < -0.4 is 5.32 Å². The van der Waals surface area contributed by atoms with Gasteiger partial charge >= 0.3 is 0 Å². The van der Waals surface area contributed by atoms with E-state index in [-0.39, 0.29) is 11.9 Å². The summed E-state index contributed by atoms with van der Waals surface area (Å²) in [5, 5.41) is 3.29. The van der Waals surface area contributed by atoms with E-state index >= 15 is 0 Å². The monoisotopic (exact) mass is 311 g/mol. The predicted octanol–water partition coefficient (Wildman–Crippen LogP) is 3.20. The second-order valence-corrected chi connectivity index (χ2v) is 5.08. The number of rotatable bonds is 5. The fraction of sp³-hybridized carbons (Fsp3) is 0.308. The molecule has 0 fully saturated rings. The first-order valence-corrected chi connectivity index (χ1v) is 6.61. The summed E-state index contributed by atoms with van der Waals surface area (Å²) in [5.41, 5.74) is 1.76. The van der Waals surface area contributed by atoms with Crippen molar-refractivity contribution in [2.45, 2.75) is 19.4 Å². The van der Waals surface area contributed by atoms with E-state index in [9.17, 15) is 4.39 Å². The number of nitrogens with one attached hydrogen (secondary N) is 2. The first-order chi connectivity index (χ1) is 8.66. The van der Waals surface area contributed by atoms with Crippen molar-refractivity contribution in [3.05, 3.63) is 52.3 Å². The van der Waals surface area contributed by atoms with Crippen molar-refractivity contribution < 1.29 is 4.39 Å². The van der Waals surface area contributed by atoms with Crippen molar-refractivity contribution in [3.8, 4) is 0 Å². The summed E-state index contributed by atoms with van der Waals surface area (Å²) >= 11 is 3.25. The molecule has 18 heavy (non-hydrogen) atoms. The van der Waals surface area contributed by atoms with Crippen LogP contribution in [0.25, 0.3) is 0 Å². The summed E-state index contributed by atoms with van der Waals surface area (Å²) in [5.74, 6) is -0.189. The molecule has 0 radical (unpaired) electrons. The quantitative estimate of drug-likeness (QED) is 0.890. The molecule has 0 spiro atoms. The molecule has 2 rings (SSSR count). The lowest BCUT2D eigenvalue weighted by molar-refractivity contribution is 0.529. The molecule has 0 aliphatic rings. The molecule has 1 aromatic heterocycles. The van der Waals surface area contributed by atoms with Gasteiger partial charge in [-0.05, 0) is 19.1 Å². The largest absolute Gasteiger partial charge is 0.348 e. The molecule has 2 aromatic rings. The Labute approximate surface area is 114 Å². The summed E-state index contributed by atoms with van der Waals surface area (Å²) in [6, 6.07) is 5.13. The van der Waals surface area contributed by atoms with Crippen LogP contribution in [0.4, 0.5) is 4.39 Å². The third kappa shape index (κ3) is 3.40. The number of H-pyrrole nitrogens is 1. The van der Waals surface area contributed by atoms with Crippen molar-refractivity contribution in [3.63, 3.8) is 0 Å². The summed E-state index contributed by atoms with van der Waals surface area (Å²) in [7, 11) is 0. The predicted molar refractivity (Wildman–Crippen MR) is 72.8 cm³/mol. The van der Waals surface area contributed by atoms with E-state index in [0.29, 0.717) is 5.56 Å². The molecule has 1 unspecified atom stereocenters. The number of imidazole rings is 1. The van der Waals surface area contributed by atoms with Crippen LogP contribution in [0.3, 0.4) is 0 Å². The Morgan fingerprint density at radius 2 is 2.33 bits per heavy atom. The molecule has 0 aliphatic heterocycles. The van der Waals surface area contributed by atoms with Crippen LogP contribution in [0.1, 0.15) is 24.2 Å². The van der Waals surface area contributed by atoms with Crippen LogP contribution in [0.15, 0.2) is 35.2 Å². The van der Waals surface area contributed by atoms with Gasteiger partial charge in [0.2, 0.25) is 0 Å². The van der Waals surface area contributed by atoms with Crippen molar-refractivity contribution in [1.82, 2.24) is 15.3 Å². The molecule has 2 N–H and O–H groups in total. The van der Waals surface area contributed by atoms with Gasteiger partial charge in [0.05, 0.1) is 6.33 Å². The maximum Gasteiger partial charge on any atom is 0.129 e. The van der Waals surface area contributed by atoms with Crippen LogP contribution >= 0.6 is 15.9 Å². The molecule has 5 heteroatoms. The first-order valence-electron chi connectivity index (χ1n) is 5.82. The molecular weight excluding hydrogens is 297 g/mol. The zero-order chi connectivity index (χ0) is 13.0. The summed E-state index contributed by atoms with van der Waals surface area (Å²) in [4.78, 5) is 6.99. The van der Waals surface area contributed by atoms with Gasteiger partial charge in [-0.2, -0.15) is 0 Å². The van der Waals surface area contributed by atoms with Gasteiger partial charge in [0.25, 0.3) is 0 Å². The minimum atomic E-state index is -0.189. The number of hydrogen-bond donors (Lipinski definition) is 2. The Hall–Kier alpha value is -1.20. The minimum absolute atomic E-state index is 0.0129. The van der Waals surface area contributed by atoms with Gasteiger partial charge < -0.3 is 10.3 Å². The second kappa shape index (κ2) is 6.11. The van der Waals surface area contributed by atoms with Crippen LogP contribution in [-0.2, 0) is 6.42 Å². The van der Waals surface area contributed by atoms with E-state index in [1.165, 1.54) is 6.07 Å². The van der Waals surface area contributed by atoms with E-state index in [1.807, 2.05) is 13.0 Å². The Kier molecular flexibility index (Phi) is 4.49. The van der Waals surface area contributed by atoms with Gasteiger partial charge in [-0.1, -0.05) is 22.0 Å². The number of nitrogens with zero attached hydrogens (tertiary/aromatic N) is 1. The lowest BCUT2D eigenvalue weighted by Gasteiger charge is -2.14. The molecule has 1 atom stereocenters. The molecule has 0 saturated carbocycles. The highest BCUT2D eigenvalue weighted by Gasteiger charge is 2.10. The fourth-order valence-corrected chi connectivity index (χ4v) is 2.14. The van der Waals surface area contributed by atoms with Gasteiger partial charge in [-0.25, -0.2) is 9.37 Å². The number of hydrogen-bond acceptors (Lipinski definition) is 2. The van der Waals surface area contributed by atoms with Gasteiger partial charge in [0, 0.05) is 40.9 Å². The van der Waals surface area contributed by atoms with Gasteiger partial charge in [0.15, 0.2) is 0 Å². The molecular formula is C13H15BrFN3. The van der Waals surface area contributed by atoms with Crippen molar-refractivity contribution in [2.24, 2.45) is 0 Å². The molecule has 96 valence electrons. The molecule has 0 aliphatic carbocycles. The summed E-state index contributed by atoms with van der Waals surface area (Å²) < 4.78 is 14.5. The number of aromatic nitrogens is 2. The van der Waals surface area contributed by atoms with Crippen LogP contribution in [0.2, 0.25) is 0 Å². The number of benzene rings is 1. The van der Waals surface area contributed by atoms with Crippen LogP contribution in [-0.4, -0.2) is 16.5 Å². The Morgan fingerprint density at radius 1 is 1.50 bits per heavy atom. The number of halogens is 2. The lowest BCUT2D eigenvalue weighted by Crippen LogP contribution is -2.22. The standard InChI is InChI=1S/C13H15BrFN3/c1-9(12-3-2-10(14)6-13(12)15)17-5-4-11-7-16-8-18-11/h2-3,6-9,17H,4-5H2,1H3,(H,16,18). The summed E-state index contributed by atoms with van der Waals surface area (Å²) in [6.45, 7) is 2.73. The van der Waals surface area contributed by atoms with Crippen LogP contribution in [0.5, 0.6) is 0 Å². The van der Waals surface area contributed by atoms with Gasteiger partial charge in [0.1, 0.15) is 5.82 Å². The van der Waals surface area contributed by atoms with Gasteiger partial charge in [-0.15, -0.1) is 0 Å². The van der Waals surface area contributed by atoms with E-state index < -0.39 is 0 Å². The van der Waals surface area contributed by atoms with Crippen LogP contribution in [0, 0.1) is 5.82 Å². The van der Waals surface area contributed by atoms with Crippen molar-refractivity contribution in [1.29, 1.82) is 0 Å². The SMILES string of the molecule is CC(NCCc1cnc[nH]1)c1ccc(Br)cc1F. The van der Waals surface area contributed by atoms with E-state index in [2.05, 4.69) is 31.2 Å². The average molecular weight is 312 g/mol. The molecule has 0 bridgehead atoms. The lowest BCUT2D eigenvalue weighted by atomic mass is 10.1. The third-order valence-electron chi connectivity index (χ3n) is 2.83. The van der Waals surface area contributed by atoms with E-state index in [4.69, 9.17) is 0 Å². The highest BCUT2D eigenvalue weighted by molar-refractivity contribution is 9.10. The average Bonchev–Trinajstić information content (AvgIpc) is 2.81. The molecule has 1 aromatic carbocycles. The van der Waals surface area contributed by atoms with E-state index in [1.54, 1.807) is 18.6 Å². The minimum Gasteiger partial charge on any atom is -0.348 e. The first kappa shape index (κ1) is 13.2. The zero-order valence-corrected chi connectivity index (χ0v) is 11.7.